The fraction of sp³-hybridized carbons (Fsp3) is 0.450. The molecule has 1 saturated carbocycles. The fourth-order valence-corrected chi connectivity index (χ4v) is 3.45. The summed E-state index contributed by atoms with van der Waals surface area (Å²) >= 11 is 0. The van der Waals surface area contributed by atoms with E-state index in [0.29, 0.717) is 12.6 Å². The van der Waals surface area contributed by atoms with Crippen LogP contribution in [0.2, 0.25) is 0 Å². The highest BCUT2D eigenvalue weighted by molar-refractivity contribution is 5.59. The molecule has 1 fully saturated rings. The Morgan fingerprint density at radius 2 is 1.83 bits per heavy atom. The summed E-state index contributed by atoms with van der Waals surface area (Å²) in [5, 5.41) is 3.55. The molecule has 1 aliphatic carbocycles. The van der Waals surface area contributed by atoms with Crippen molar-refractivity contribution in [2.45, 2.75) is 58.2 Å². The Bertz CT molecular complexity index is 685. The molecule has 122 valence electrons. The Hall–Kier alpha value is -1.87. The molecule has 0 unspecified atom stereocenters. The number of hydrogen-bond acceptors (Lipinski definition) is 2. The number of pyridine rings is 1. The molecule has 23 heavy (non-hydrogen) atoms. The van der Waals surface area contributed by atoms with Crippen LogP contribution in [0.3, 0.4) is 0 Å². The average molecular weight is 310 g/mol. The molecule has 1 aromatic heterocycles. The van der Waals surface area contributed by atoms with Gasteiger partial charge in [-0.25, -0.2) is 0 Å². The molecule has 2 aromatic rings. The van der Waals surface area contributed by atoms with Crippen molar-refractivity contribution in [3.63, 3.8) is 0 Å². The van der Waals surface area contributed by atoms with Gasteiger partial charge in [0.1, 0.15) is 0 Å². The molecule has 0 spiro atoms. The summed E-state index contributed by atoms with van der Waals surface area (Å²) in [4.78, 5) is 12.9. The quantitative estimate of drug-likeness (QED) is 0.876. The summed E-state index contributed by atoms with van der Waals surface area (Å²) in [6.45, 7) is 3.56. The lowest BCUT2D eigenvalue weighted by Crippen LogP contribution is -2.31. The van der Waals surface area contributed by atoms with Crippen molar-refractivity contribution in [3.05, 3.63) is 58.4 Å². The molecule has 3 heteroatoms. The summed E-state index contributed by atoms with van der Waals surface area (Å²) in [6.07, 6.45) is 6.06. The second-order valence-electron chi connectivity index (χ2n) is 6.43. The monoisotopic (exact) mass is 310 g/mol. The molecule has 1 aliphatic rings. The molecule has 3 rings (SSSR count). The molecule has 0 aliphatic heterocycles. The molecule has 3 nitrogen and oxygen atoms in total. The van der Waals surface area contributed by atoms with Crippen LogP contribution < -0.4 is 10.9 Å². The van der Waals surface area contributed by atoms with E-state index in [4.69, 9.17) is 0 Å². The van der Waals surface area contributed by atoms with Gasteiger partial charge >= 0.3 is 0 Å². The molecule has 0 saturated heterocycles. The van der Waals surface area contributed by atoms with Crippen LogP contribution in [0.4, 0.5) is 0 Å². The van der Waals surface area contributed by atoms with E-state index in [0.717, 1.165) is 29.8 Å². The zero-order chi connectivity index (χ0) is 16.1. The van der Waals surface area contributed by atoms with E-state index in [2.05, 4.69) is 30.4 Å². The van der Waals surface area contributed by atoms with E-state index in [9.17, 15) is 4.79 Å². The standard InChI is InChI=1S/C20H26N2O/c1-2-14-22-19(16-8-4-3-5-9-16)13-12-17(20(22)23)15-21-18-10-6-7-11-18/h3-5,8-9,12-13,18,21H,2,6-7,10-11,14-15H2,1H3. The van der Waals surface area contributed by atoms with Gasteiger partial charge in [-0.1, -0.05) is 56.2 Å². The van der Waals surface area contributed by atoms with Gasteiger partial charge in [0.15, 0.2) is 0 Å². The van der Waals surface area contributed by atoms with E-state index in [-0.39, 0.29) is 5.56 Å². The average Bonchev–Trinajstić information content (AvgIpc) is 3.10. The third kappa shape index (κ3) is 3.73. The lowest BCUT2D eigenvalue weighted by atomic mass is 10.1. The minimum Gasteiger partial charge on any atom is -0.310 e. The van der Waals surface area contributed by atoms with Crippen molar-refractivity contribution >= 4 is 0 Å². The van der Waals surface area contributed by atoms with Crippen molar-refractivity contribution in [1.29, 1.82) is 0 Å². The van der Waals surface area contributed by atoms with Crippen LogP contribution in [0.1, 0.15) is 44.6 Å². The van der Waals surface area contributed by atoms with E-state index in [1.807, 2.05) is 28.8 Å². The van der Waals surface area contributed by atoms with Gasteiger partial charge in [-0.3, -0.25) is 4.79 Å². The number of hydrogen-bond donors (Lipinski definition) is 1. The first-order valence-electron chi connectivity index (χ1n) is 8.81. The minimum absolute atomic E-state index is 0.152. The Kier molecular flexibility index (Phi) is 5.29. The summed E-state index contributed by atoms with van der Waals surface area (Å²) < 4.78 is 1.93. The largest absolute Gasteiger partial charge is 0.310 e. The first-order valence-corrected chi connectivity index (χ1v) is 8.81. The van der Waals surface area contributed by atoms with Crippen LogP contribution in [0.25, 0.3) is 11.3 Å². The molecule has 1 N–H and O–H groups in total. The lowest BCUT2D eigenvalue weighted by molar-refractivity contribution is 0.519. The van der Waals surface area contributed by atoms with Crippen LogP contribution >= 0.6 is 0 Å². The summed E-state index contributed by atoms with van der Waals surface area (Å²) in [6, 6.07) is 14.9. The fourth-order valence-electron chi connectivity index (χ4n) is 3.45. The summed E-state index contributed by atoms with van der Waals surface area (Å²) in [5.74, 6) is 0. The minimum atomic E-state index is 0.152. The van der Waals surface area contributed by atoms with Crippen LogP contribution in [-0.2, 0) is 13.1 Å². The highest BCUT2D eigenvalue weighted by Crippen LogP contribution is 2.20. The second-order valence-corrected chi connectivity index (χ2v) is 6.43. The van der Waals surface area contributed by atoms with Gasteiger partial charge in [0.2, 0.25) is 0 Å². The molecule has 0 amide bonds. The Labute approximate surface area is 138 Å². The lowest BCUT2D eigenvalue weighted by Gasteiger charge is -2.16. The van der Waals surface area contributed by atoms with Gasteiger partial charge in [0.05, 0.1) is 5.69 Å². The smallest absolute Gasteiger partial charge is 0.255 e. The van der Waals surface area contributed by atoms with Crippen molar-refractivity contribution in [2.24, 2.45) is 0 Å². The van der Waals surface area contributed by atoms with Gasteiger partial charge in [0.25, 0.3) is 5.56 Å². The van der Waals surface area contributed by atoms with Crippen LogP contribution in [0.5, 0.6) is 0 Å². The number of aromatic nitrogens is 1. The zero-order valence-corrected chi connectivity index (χ0v) is 13.9. The maximum absolute atomic E-state index is 12.9. The third-order valence-electron chi connectivity index (χ3n) is 4.71. The molecule has 1 aromatic carbocycles. The predicted octanol–water partition coefficient (Wildman–Crippen LogP) is 3.96. The predicted molar refractivity (Wildman–Crippen MR) is 95.5 cm³/mol. The van der Waals surface area contributed by atoms with Gasteiger partial charge in [-0.2, -0.15) is 0 Å². The Morgan fingerprint density at radius 1 is 1.09 bits per heavy atom. The molecular formula is C20H26N2O. The number of rotatable bonds is 6. The Balaban J connectivity index is 1.87. The zero-order valence-electron chi connectivity index (χ0n) is 13.9. The molecule has 0 radical (unpaired) electrons. The van der Waals surface area contributed by atoms with E-state index < -0.39 is 0 Å². The third-order valence-corrected chi connectivity index (χ3v) is 4.71. The highest BCUT2D eigenvalue weighted by Gasteiger charge is 2.15. The van der Waals surface area contributed by atoms with Crippen LogP contribution in [0.15, 0.2) is 47.3 Å². The van der Waals surface area contributed by atoms with Crippen molar-refractivity contribution in [3.8, 4) is 11.3 Å². The molecule has 1 heterocycles. The molecule has 0 bridgehead atoms. The SMILES string of the molecule is CCCn1c(-c2ccccc2)ccc(CNC2CCCC2)c1=O. The summed E-state index contributed by atoms with van der Waals surface area (Å²) in [5.41, 5.74) is 3.15. The van der Waals surface area contributed by atoms with Gasteiger partial charge in [-0.05, 0) is 30.9 Å². The first kappa shape index (κ1) is 16.0. The van der Waals surface area contributed by atoms with Crippen LogP contribution in [-0.4, -0.2) is 10.6 Å². The van der Waals surface area contributed by atoms with Gasteiger partial charge in [0, 0.05) is 24.7 Å². The van der Waals surface area contributed by atoms with Crippen LogP contribution in [0, 0.1) is 0 Å². The maximum Gasteiger partial charge on any atom is 0.255 e. The molecule has 0 atom stereocenters. The number of benzene rings is 1. The van der Waals surface area contributed by atoms with E-state index >= 15 is 0 Å². The topological polar surface area (TPSA) is 34.0 Å². The second kappa shape index (κ2) is 7.60. The maximum atomic E-state index is 12.9. The van der Waals surface area contributed by atoms with E-state index in [1.165, 1.54) is 25.7 Å². The summed E-state index contributed by atoms with van der Waals surface area (Å²) in [7, 11) is 0. The molecular weight excluding hydrogens is 284 g/mol. The first-order chi connectivity index (χ1) is 11.3. The van der Waals surface area contributed by atoms with Gasteiger partial charge in [-0.15, -0.1) is 0 Å². The van der Waals surface area contributed by atoms with E-state index in [1.54, 1.807) is 0 Å². The normalized spacial score (nSPS) is 15.2. The van der Waals surface area contributed by atoms with Crippen molar-refractivity contribution in [2.75, 3.05) is 0 Å². The number of nitrogens with one attached hydrogen (secondary N) is 1. The van der Waals surface area contributed by atoms with Gasteiger partial charge < -0.3 is 9.88 Å². The van der Waals surface area contributed by atoms with Crippen molar-refractivity contribution < 1.29 is 0 Å². The highest BCUT2D eigenvalue weighted by atomic mass is 16.1. The van der Waals surface area contributed by atoms with Crippen molar-refractivity contribution in [1.82, 2.24) is 9.88 Å². The Morgan fingerprint density at radius 3 is 2.52 bits per heavy atom. The number of nitrogens with zero attached hydrogens (tertiary/aromatic N) is 1.